The van der Waals surface area contributed by atoms with Crippen LogP contribution in [0.5, 0.6) is 0 Å². The molecule has 0 N–H and O–H groups in total. The lowest BCUT2D eigenvalue weighted by atomic mass is 10.1. The molecule has 0 aliphatic carbocycles. The van der Waals surface area contributed by atoms with Crippen molar-refractivity contribution in [1.82, 2.24) is 9.88 Å². The van der Waals surface area contributed by atoms with E-state index in [-0.39, 0.29) is 17.2 Å². The fourth-order valence-electron chi connectivity index (χ4n) is 2.17. The van der Waals surface area contributed by atoms with Crippen LogP contribution in [-0.2, 0) is 6.18 Å². The van der Waals surface area contributed by atoms with Gasteiger partial charge in [-0.3, -0.25) is 9.78 Å². The Hall–Kier alpha value is -1.63. The van der Waals surface area contributed by atoms with Gasteiger partial charge in [-0.2, -0.15) is 13.2 Å². The number of carbonyl (C=O) groups is 1. The number of piperazine rings is 1. The van der Waals surface area contributed by atoms with E-state index in [9.17, 15) is 18.0 Å². The van der Waals surface area contributed by atoms with Gasteiger partial charge in [0.1, 0.15) is 5.69 Å². The maximum Gasteiger partial charge on any atom is 0.417 e. The average molecular weight is 287 g/mol. The van der Waals surface area contributed by atoms with Crippen molar-refractivity contribution in [3.8, 4) is 0 Å². The van der Waals surface area contributed by atoms with Crippen LogP contribution in [0.2, 0.25) is 0 Å². The Bertz CT molecular complexity index is 508. The molecule has 2 rings (SSSR count). The minimum absolute atomic E-state index is 0.0996. The maximum atomic E-state index is 12.8. The maximum absolute atomic E-state index is 12.8. The molecule has 1 aliphatic heterocycles. The van der Waals surface area contributed by atoms with Gasteiger partial charge in [0.2, 0.25) is 0 Å². The molecule has 2 heterocycles. The fourth-order valence-corrected chi connectivity index (χ4v) is 2.17. The summed E-state index contributed by atoms with van der Waals surface area (Å²) in [5.41, 5.74) is -0.445. The first-order chi connectivity index (χ1) is 9.29. The molecule has 1 fully saturated rings. The van der Waals surface area contributed by atoms with E-state index in [2.05, 4.69) is 9.88 Å². The third-order valence-corrected chi connectivity index (χ3v) is 3.37. The highest BCUT2D eigenvalue weighted by Gasteiger charge is 2.33. The molecule has 0 unspecified atom stereocenters. The molecular weight excluding hydrogens is 271 g/mol. The second kappa shape index (κ2) is 5.40. The van der Waals surface area contributed by atoms with Crippen LogP contribution in [0.3, 0.4) is 0 Å². The Morgan fingerprint density at radius 1 is 1.25 bits per heavy atom. The summed E-state index contributed by atoms with van der Waals surface area (Å²) >= 11 is 0. The molecule has 1 aromatic heterocycles. The molecule has 4 nitrogen and oxygen atoms in total. The summed E-state index contributed by atoms with van der Waals surface area (Å²) in [7, 11) is 1.95. The highest BCUT2D eigenvalue weighted by Crippen LogP contribution is 2.32. The molecule has 0 aromatic carbocycles. The first kappa shape index (κ1) is 14.8. The largest absolute Gasteiger partial charge is 0.417 e. The van der Waals surface area contributed by atoms with Gasteiger partial charge in [0, 0.05) is 39.3 Å². The summed E-state index contributed by atoms with van der Waals surface area (Å²) in [5, 5.41) is 0. The van der Waals surface area contributed by atoms with Crippen LogP contribution in [-0.4, -0.2) is 48.9 Å². The number of alkyl halides is 3. The van der Waals surface area contributed by atoms with Crippen molar-refractivity contribution in [3.05, 3.63) is 23.5 Å². The molecular formula is C13H16F3N3O. The topological polar surface area (TPSA) is 36.4 Å². The molecule has 1 aliphatic rings. The molecule has 1 saturated heterocycles. The third-order valence-electron chi connectivity index (χ3n) is 3.37. The highest BCUT2D eigenvalue weighted by atomic mass is 19.4. The van der Waals surface area contributed by atoms with Gasteiger partial charge >= 0.3 is 6.18 Å². The lowest BCUT2D eigenvalue weighted by Crippen LogP contribution is -2.45. The molecule has 7 heteroatoms. The van der Waals surface area contributed by atoms with Crippen LogP contribution in [0, 0.1) is 0 Å². The summed E-state index contributed by atoms with van der Waals surface area (Å²) in [5.74, 6) is -0.326. The number of ketones is 1. The molecule has 1 aromatic rings. The van der Waals surface area contributed by atoms with Gasteiger partial charge in [0.15, 0.2) is 5.78 Å². The van der Waals surface area contributed by atoms with Gasteiger partial charge in [-0.05, 0) is 13.1 Å². The zero-order chi connectivity index (χ0) is 14.9. The van der Waals surface area contributed by atoms with Gasteiger partial charge in [-0.25, -0.2) is 0 Å². The normalized spacial score (nSPS) is 17.4. The number of hydrogen-bond donors (Lipinski definition) is 0. The first-order valence-corrected chi connectivity index (χ1v) is 6.30. The number of aromatic nitrogens is 1. The number of likely N-dealkylation sites (N-methyl/N-ethyl adjacent to an activating group) is 1. The van der Waals surface area contributed by atoms with Gasteiger partial charge < -0.3 is 9.80 Å². The van der Waals surface area contributed by atoms with Crippen molar-refractivity contribution < 1.29 is 18.0 Å². The number of hydrogen-bond acceptors (Lipinski definition) is 4. The summed E-state index contributed by atoms with van der Waals surface area (Å²) < 4.78 is 38.3. The van der Waals surface area contributed by atoms with E-state index >= 15 is 0 Å². The predicted octanol–water partition coefficient (Wildman–Crippen LogP) is 2.05. The second-order valence-corrected chi connectivity index (χ2v) is 4.94. The Labute approximate surface area is 115 Å². The molecule has 0 atom stereocenters. The fraction of sp³-hybridized carbons (Fsp3) is 0.538. The van der Waals surface area contributed by atoms with E-state index in [1.165, 1.54) is 6.92 Å². The van der Waals surface area contributed by atoms with Crippen molar-refractivity contribution in [2.75, 3.05) is 38.1 Å². The van der Waals surface area contributed by atoms with E-state index in [0.29, 0.717) is 13.1 Å². The minimum atomic E-state index is -4.45. The lowest BCUT2D eigenvalue weighted by Gasteiger charge is -2.34. The summed E-state index contributed by atoms with van der Waals surface area (Å²) in [4.78, 5) is 19.1. The van der Waals surface area contributed by atoms with Crippen LogP contribution in [0.15, 0.2) is 12.3 Å². The van der Waals surface area contributed by atoms with E-state index in [0.717, 1.165) is 25.4 Å². The van der Waals surface area contributed by atoms with Crippen molar-refractivity contribution >= 4 is 11.5 Å². The van der Waals surface area contributed by atoms with E-state index in [1.807, 2.05) is 7.05 Å². The Kier molecular flexibility index (Phi) is 3.99. The third kappa shape index (κ3) is 3.09. The van der Waals surface area contributed by atoms with Crippen LogP contribution < -0.4 is 4.90 Å². The van der Waals surface area contributed by atoms with E-state index in [4.69, 9.17) is 0 Å². The Morgan fingerprint density at radius 2 is 1.85 bits per heavy atom. The molecule has 0 saturated carbocycles. The number of nitrogens with zero attached hydrogens (tertiary/aromatic N) is 3. The van der Waals surface area contributed by atoms with Crippen LogP contribution in [0.25, 0.3) is 0 Å². The minimum Gasteiger partial charge on any atom is -0.367 e. The quantitative estimate of drug-likeness (QED) is 0.780. The van der Waals surface area contributed by atoms with Crippen LogP contribution in [0.4, 0.5) is 18.9 Å². The zero-order valence-corrected chi connectivity index (χ0v) is 11.4. The standard InChI is InChI=1S/C13H16F3N3O/c1-9(20)12-11(19-5-3-18(2)4-6-19)7-10(8-17-12)13(14,15)16/h7-8H,3-6H2,1-2H3. The number of rotatable bonds is 2. The monoisotopic (exact) mass is 287 g/mol. The number of anilines is 1. The van der Waals surface area contributed by atoms with E-state index < -0.39 is 11.7 Å². The molecule has 0 radical (unpaired) electrons. The highest BCUT2D eigenvalue weighted by molar-refractivity contribution is 5.97. The Morgan fingerprint density at radius 3 is 2.35 bits per heavy atom. The van der Waals surface area contributed by atoms with E-state index in [1.54, 1.807) is 4.90 Å². The van der Waals surface area contributed by atoms with Crippen molar-refractivity contribution in [3.63, 3.8) is 0 Å². The summed E-state index contributed by atoms with van der Waals surface area (Å²) in [6.45, 7) is 3.97. The summed E-state index contributed by atoms with van der Waals surface area (Å²) in [6.07, 6.45) is -3.74. The zero-order valence-electron chi connectivity index (χ0n) is 11.4. The molecule has 0 amide bonds. The van der Waals surface area contributed by atoms with Gasteiger partial charge in [0.05, 0.1) is 11.3 Å². The first-order valence-electron chi connectivity index (χ1n) is 6.30. The number of carbonyl (C=O) groups excluding carboxylic acids is 1. The van der Waals surface area contributed by atoms with Crippen molar-refractivity contribution in [2.45, 2.75) is 13.1 Å². The molecule has 110 valence electrons. The number of pyridine rings is 1. The summed E-state index contributed by atoms with van der Waals surface area (Å²) in [6, 6.07) is 1.02. The number of halogens is 3. The average Bonchev–Trinajstić information content (AvgIpc) is 2.37. The van der Waals surface area contributed by atoms with Crippen molar-refractivity contribution in [2.24, 2.45) is 0 Å². The number of Topliss-reactive ketones (excluding diaryl/α,β-unsaturated/α-hetero) is 1. The van der Waals surface area contributed by atoms with Gasteiger partial charge in [0.25, 0.3) is 0 Å². The van der Waals surface area contributed by atoms with Gasteiger partial charge in [-0.15, -0.1) is 0 Å². The predicted molar refractivity (Wildman–Crippen MR) is 69.0 cm³/mol. The molecule has 0 bridgehead atoms. The second-order valence-electron chi connectivity index (χ2n) is 4.94. The smallest absolute Gasteiger partial charge is 0.367 e. The lowest BCUT2D eigenvalue weighted by molar-refractivity contribution is -0.137. The Balaban J connectivity index is 2.39. The van der Waals surface area contributed by atoms with Crippen LogP contribution in [0.1, 0.15) is 23.0 Å². The molecule has 20 heavy (non-hydrogen) atoms. The molecule has 0 spiro atoms. The SMILES string of the molecule is CC(=O)c1ncc(C(F)(F)F)cc1N1CCN(C)CC1. The van der Waals surface area contributed by atoms with Crippen LogP contribution >= 0.6 is 0 Å². The van der Waals surface area contributed by atoms with Gasteiger partial charge in [-0.1, -0.05) is 0 Å². The van der Waals surface area contributed by atoms with Crippen molar-refractivity contribution in [1.29, 1.82) is 0 Å².